The van der Waals surface area contributed by atoms with Crippen LogP contribution in [0.2, 0.25) is 0 Å². The van der Waals surface area contributed by atoms with Gasteiger partial charge in [-0.2, -0.15) is 0 Å². The van der Waals surface area contributed by atoms with Crippen molar-refractivity contribution in [3.63, 3.8) is 0 Å². The van der Waals surface area contributed by atoms with Gasteiger partial charge >= 0.3 is 6.09 Å². The zero-order chi connectivity index (χ0) is 32.2. The van der Waals surface area contributed by atoms with Gasteiger partial charge in [0.05, 0.1) is 24.9 Å². The number of primary amides is 1. The molecule has 3 amide bonds. The summed E-state index contributed by atoms with van der Waals surface area (Å²) in [5.74, 6) is 0.561. The van der Waals surface area contributed by atoms with E-state index >= 15 is 0 Å². The Morgan fingerprint density at radius 2 is 2.00 bits per heavy atom. The highest BCUT2D eigenvalue weighted by atomic mass is 16.6. The molecule has 3 heterocycles. The molecule has 0 bridgehead atoms. The molecule has 0 radical (unpaired) electrons. The number of benzene rings is 1. The molecule has 10 nitrogen and oxygen atoms in total. The van der Waals surface area contributed by atoms with Gasteiger partial charge in [0.25, 0.3) is 0 Å². The molecular weight excluding hydrogens is 560 g/mol. The average Bonchev–Trinajstić information content (AvgIpc) is 3.33. The molecular formula is C34H48N4O6. The number of amides is 3. The summed E-state index contributed by atoms with van der Waals surface area (Å²) in [6.45, 7) is 13.4. The molecule has 0 aliphatic carbocycles. The molecule has 44 heavy (non-hydrogen) atoms. The van der Waals surface area contributed by atoms with E-state index in [1.165, 1.54) is 4.90 Å². The maximum atomic E-state index is 14.1. The third kappa shape index (κ3) is 7.45. The molecule has 0 saturated carbocycles. The van der Waals surface area contributed by atoms with E-state index in [0.29, 0.717) is 31.4 Å². The second kappa shape index (κ2) is 13.4. The maximum absolute atomic E-state index is 14.1. The van der Waals surface area contributed by atoms with E-state index in [1.54, 1.807) is 27.9 Å². The van der Waals surface area contributed by atoms with Crippen molar-refractivity contribution in [1.29, 1.82) is 0 Å². The first-order chi connectivity index (χ1) is 20.8. The van der Waals surface area contributed by atoms with E-state index in [0.717, 1.165) is 47.2 Å². The molecule has 2 aromatic rings. The van der Waals surface area contributed by atoms with Gasteiger partial charge in [0, 0.05) is 17.4 Å². The predicted octanol–water partition coefficient (Wildman–Crippen LogP) is 5.55. The number of carbonyl (C=O) groups is 3. The van der Waals surface area contributed by atoms with Crippen molar-refractivity contribution in [3.05, 3.63) is 42.1 Å². The van der Waals surface area contributed by atoms with Crippen molar-refractivity contribution in [2.24, 2.45) is 5.73 Å². The summed E-state index contributed by atoms with van der Waals surface area (Å²) in [4.78, 5) is 46.2. The van der Waals surface area contributed by atoms with Crippen LogP contribution in [0.4, 0.5) is 4.79 Å². The number of likely N-dealkylation sites (tertiary alicyclic amines) is 1. The quantitative estimate of drug-likeness (QED) is 0.253. The van der Waals surface area contributed by atoms with Crippen LogP contribution in [0.25, 0.3) is 10.9 Å². The molecule has 2 aliphatic rings. The lowest BCUT2D eigenvalue weighted by Crippen LogP contribution is -2.54. The number of unbranched alkanes of at least 4 members (excludes halogenated alkanes) is 3. The summed E-state index contributed by atoms with van der Waals surface area (Å²) in [5.41, 5.74) is 7.11. The van der Waals surface area contributed by atoms with Crippen LogP contribution >= 0.6 is 0 Å². The third-order valence-electron chi connectivity index (χ3n) is 8.37. The largest absolute Gasteiger partial charge is 0.497 e. The lowest BCUT2D eigenvalue weighted by Gasteiger charge is -2.37. The Bertz CT molecular complexity index is 1400. The molecule has 3 N–H and O–H groups in total. The minimum absolute atomic E-state index is 0.0833. The van der Waals surface area contributed by atoms with Gasteiger partial charge < -0.3 is 30.2 Å². The van der Waals surface area contributed by atoms with E-state index in [2.05, 4.69) is 25.7 Å². The van der Waals surface area contributed by atoms with E-state index in [9.17, 15) is 14.4 Å². The summed E-state index contributed by atoms with van der Waals surface area (Å²) in [6.07, 6.45) is 6.53. The fourth-order valence-electron chi connectivity index (χ4n) is 6.22. The molecule has 4 rings (SSSR count). The van der Waals surface area contributed by atoms with Crippen LogP contribution in [0, 0.1) is 0 Å². The van der Waals surface area contributed by atoms with Gasteiger partial charge in [-0.1, -0.05) is 32.8 Å². The van der Waals surface area contributed by atoms with Crippen molar-refractivity contribution in [2.45, 2.75) is 115 Å². The van der Waals surface area contributed by atoms with E-state index in [-0.39, 0.29) is 24.8 Å². The van der Waals surface area contributed by atoms with Gasteiger partial charge in [0.2, 0.25) is 11.8 Å². The van der Waals surface area contributed by atoms with Gasteiger partial charge in [0.15, 0.2) is 0 Å². The highest BCUT2D eigenvalue weighted by Crippen LogP contribution is 2.46. The number of ether oxygens (including phenoxy) is 3. The standard InChI is InChI=1S/C34H48N4O6/c1-8-9-10-11-12-13-26(37-32(41)44-33(4,5)6)31(40)38-20-34(19-27(38)30(35)39)17-16-23-24-18-22(42-7)14-15-25(24)36-28(21(2)3)29(23)43-34/h8,14-15,18,21,26-27H,1,9-13,16-17,19-20H2,2-7H3,(H2,35,39)(H,37,41)/t26-,27-,34+/m0/s1. The van der Waals surface area contributed by atoms with E-state index < -0.39 is 35.3 Å². The number of nitrogens with zero attached hydrogens (tertiary/aromatic N) is 2. The first-order valence-corrected chi connectivity index (χ1v) is 15.7. The van der Waals surface area contributed by atoms with Crippen LogP contribution < -0.4 is 20.5 Å². The summed E-state index contributed by atoms with van der Waals surface area (Å²) < 4.78 is 17.8. The topological polar surface area (TPSA) is 133 Å². The molecule has 0 unspecified atom stereocenters. The summed E-state index contributed by atoms with van der Waals surface area (Å²) in [6, 6.07) is 4.09. The number of carbonyl (C=O) groups excluding carboxylic acids is 3. The van der Waals surface area contributed by atoms with Gasteiger partial charge in [-0.25, -0.2) is 9.78 Å². The number of aryl methyl sites for hydroxylation is 1. The Balaban J connectivity index is 1.64. The number of hydrogen-bond donors (Lipinski definition) is 2. The number of nitrogens with two attached hydrogens (primary N) is 1. The third-order valence-corrected chi connectivity index (χ3v) is 8.37. The van der Waals surface area contributed by atoms with Gasteiger partial charge in [-0.05, 0) is 77.0 Å². The Kier molecular flexibility index (Phi) is 10.1. The first kappa shape index (κ1) is 33.1. The van der Waals surface area contributed by atoms with Crippen LogP contribution in [-0.4, -0.2) is 64.7 Å². The monoisotopic (exact) mass is 608 g/mol. The molecule has 1 fully saturated rings. The van der Waals surface area contributed by atoms with Crippen molar-refractivity contribution < 1.29 is 28.6 Å². The highest BCUT2D eigenvalue weighted by molar-refractivity contribution is 5.92. The van der Waals surface area contributed by atoms with Crippen LogP contribution in [0.1, 0.15) is 96.7 Å². The Morgan fingerprint density at radius 3 is 2.64 bits per heavy atom. The fourth-order valence-corrected chi connectivity index (χ4v) is 6.22. The number of methoxy groups -OCH3 is 1. The lowest BCUT2D eigenvalue weighted by atomic mass is 9.86. The van der Waals surface area contributed by atoms with Crippen molar-refractivity contribution in [1.82, 2.24) is 15.2 Å². The number of alkyl carbamates (subject to hydrolysis) is 1. The molecule has 2 aliphatic heterocycles. The van der Waals surface area contributed by atoms with Gasteiger partial charge in [0.1, 0.15) is 34.8 Å². The Labute approximate surface area is 260 Å². The molecule has 1 spiro atoms. The fraction of sp³-hybridized carbons (Fsp3) is 0.588. The Hall–Kier alpha value is -3.82. The second-order valence-electron chi connectivity index (χ2n) is 13.3. The maximum Gasteiger partial charge on any atom is 0.408 e. The Morgan fingerprint density at radius 1 is 1.25 bits per heavy atom. The van der Waals surface area contributed by atoms with Gasteiger partial charge in [-0.15, -0.1) is 6.58 Å². The molecule has 3 atom stereocenters. The molecule has 1 aromatic heterocycles. The minimum Gasteiger partial charge on any atom is -0.497 e. The number of aromatic nitrogens is 1. The number of allylic oxidation sites excluding steroid dienone is 1. The van der Waals surface area contributed by atoms with Crippen molar-refractivity contribution in [3.8, 4) is 11.5 Å². The summed E-state index contributed by atoms with van der Waals surface area (Å²) in [7, 11) is 1.63. The van der Waals surface area contributed by atoms with Crippen LogP contribution in [0.15, 0.2) is 30.9 Å². The SMILES string of the molecule is C=CCCCCC[C@H](NC(=O)OC(C)(C)C)C(=O)N1C[C@@]2(CCc3c(c(C(C)C)nc4ccc(OC)cc34)O2)C[C@H]1C(N)=O. The van der Waals surface area contributed by atoms with Gasteiger partial charge in [-0.3, -0.25) is 9.59 Å². The number of rotatable bonds is 11. The molecule has 1 saturated heterocycles. The van der Waals surface area contributed by atoms with Crippen molar-refractivity contribution >= 4 is 28.8 Å². The predicted molar refractivity (Wildman–Crippen MR) is 170 cm³/mol. The normalized spacial score (nSPS) is 20.2. The highest BCUT2D eigenvalue weighted by Gasteiger charge is 2.53. The molecule has 240 valence electrons. The number of fused-ring (bicyclic) bond motifs is 3. The van der Waals surface area contributed by atoms with Crippen LogP contribution in [0.5, 0.6) is 11.5 Å². The molecule has 1 aromatic carbocycles. The average molecular weight is 609 g/mol. The number of hydrogen-bond acceptors (Lipinski definition) is 7. The zero-order valence-corrected chi connectivity index (χ0v) is 27.0. The minimum atomic E-state index is -0.872. The van der Waals surface area contributed by atoms with Crippen LogP contribution in [-0.2, 0) is 20.7 Å². The zero-order valence-electron chi connectivity index (χ0n) is 27.0. The number of pyridine rings is 1. The van der Waals surface area contributed by atoms with E-state index in [4.69, 9.17) is 24.9 Å². The summed E-state index contributed by atoms with van der Waals surface area (Å²) >= 11 is 0. The number of nitrogens with one attached hydrogen (secondary N) is 1. The lowest BCUT2D eigenvalue weighted by molar-refractivity contribution is -0.139. The smallest absolute Gasteiger partial charge is 0.408 e. The first-order valence-electron chi connectivity index (χ1n) is 15.7. The second-order valence-corrected chi connectivity index (χ2v) is 13.3. The van der Waals surface area contributed by atoms with Crippen LogP contribution in [0.3, 0.4) is 0 Å². The summed E-state index contributed by atoms with van der Waals surface area (Å²) in [5, 5.41) is 3.74. The van der Waals surface area contributed by atoms with E-state index in [1.807, 2.05) is 24.3 Å². The van der Waals surface area contributed by atoms with Crippen molar-refractivity contribution in [2.75, 3.05) is 13.7 Å². The molecule has 10 heteroatoms.